The van der Waals surface area contributed by atoms with Crippen LogP contribution in [0.25, 0.3) is 109 Å². The van der Waals surface area contributed by atoms with E-state index in [2.05, 4.69) is 190 Å². The van der Waals surface area contributed by atoms with E-state index in [-0.39, 0.29) is 0 Å². The Morgan fingerprint density at radius 1 is 0.418 bits per heavy atom. The highest BCUT2D eigenvalue weighted by Crippen LogP contribution is 2.44. The van der Waals surface area contributed by atoms with Gasteiger partial charge in [-0.15, -0.1) is 11.3 Å². The van der Waals surface area contributed by atoms with Crippen LogP contribution in [0.3, 0.4) is 0 Å². The quantitative estimate of drug-likeness (QED) is 0.182. The molecule has 0 aliphatic heterocycles. The first-order valence-corrected chi connectivity index (χ1v) is 19.5. The van der Waals surface area contributed by atoms with E-state index in [0.29, 0.717) is 5.95 Å². The maximum atomic E-state index is 5.34. The summed E-state index contributed by atoms with van der Waals surface area (Å²) in [5.74, 6) is 0.673. The SMILES string of the molecule is c1ccc(-c2nc(-n3c4ccc(-c5cccc6c5c5c7ccccc7ccc5n6-c5ccccc5)cc4c4cc5ccccc5cc43)nc3ccsc23)cc1. The number of fused-ring (bicyclic) bond motifs is 10. The van der Waals surface area contributed by atoms with E-state index in [1.54, 1.807) is 11.3 Å². The van der Waals surface area contributed by atoms with Crippen LogP contribution in [0.5, 0.6) is 0 Å². The normalized spacial score (nSPS) is 12.0. The smallest absolute Gasteiger partial charge is 0.235 e. The van der Waals surface area contributed by atoms with Crippen LogP contribution in [0, 0.1) is 0 Å². The molecular weight excluding hydrogens is 689 g/mol. The third-order valence-electron chi connectivity index (χ3n) is 11.2. The van der Waals surface area contributed by atoms with Gasteiger partial charge < -0.3 is 4.57 Å². The van der Waals surface area contributed by atoms with Gasteiger partial charge in [0.15, 0.2) is 0 Å². The second-order valence-electron chi connectivity index (χ2n) is 14.2. The Morgan fingerprint density at radius 3 is 1.98 bits per heavy atom. The zero-order valence-corrected chi connectivity index (χ0v) is 30.3. The minimum absolute atomic E-state index is 0.673. The average molecular weight is 719 g/mol. The van der Waals surface area contributed by atoms with E-state index < -0.39 is 0 Å². The molecule has 8 aromatic carbocycles. The molecule has 0 N–H and O–H groups in total. The van der Waals surface area contributed by atoms with Gasteiger partial charge in [0.1, 0.15) is 0 Å². The summed E-state index contributed by atoms with van der Waals surface area (Å²) in [6, 6.07) is 63.5. The van der Waals surface area contributed by atoms with Crippen molar-refractivity contribution in [3.05, 3.63) is 181 Å². The highest BCUT2D eigenvalue weighted by Gasteiger charge is 2.22. The molecule has 256 valence electrons. The largest absolute Gasteiger partial charge is 0.309 e. The zero-order chi connectivity index (χ0) is 36.0. The Morgan fingerprint density at radius 2 is 1.13 bits per heavy atom. The number of thiophene rings is 1. The van der Waals surface area contributed by atoms with Gasteiger partial charge in [-0.1, -0.05) is 121 Å². The first kappa shape index (κ1) is 30.4. The molecule has 4 nitrogen and oxygen atoms in total. The molecule has 5 heteroatoms. The lowest BCUT2D eigenvalue weighted by molar-refractivity contribution is 1.02. The van der Waals surface area contributed by atoms with Crippen molar-refractivity contribution in [3.8, 4) is 34.0 Å². The zero-order valence-electron chi connectivity index (χ0n) is 29.5. The summed E-state index contributed by atoms with van der Waals surface area (Å²) in [5.41, 5.74) is 11.1. The third kappa shape index (κ3) is 4.51. The standard InChI is InChI=1S/C50H30N4S/c1-3-13-32(14-4-1)48-49-41(26-27-55-49)51-50(52-48)54-42-24-23-35(29-39(42)40-28-33-15-7-8-16-34(33)30-45(40)54)38-20-11-21-43-47(38)46-37-19-10-9-12-31(37)22-25-44(46)53(43)36-17-5-2-6-18-36/h1-30H. The van der Waals surface area contributed by atoms with Crippen molar-refractivity contribution >= 4 is 86.7 Å². The molecule has 0 saturated carbocycles. The number of aromatic nitrogens is 4. The summed E-state index contributed by atoms with van der Waals surface area (Å²) >= 11 is 1.69. The maximum absolute atomic E-state index is 5.34. The molecule has 12 rings (SSSR count). The van der Waals surface area contributed by atoms with Gasteiger partial charge in [-0.05, 0) is 92.6 Å². The molecule has 4 aromatic heterocycles. The Labute approximate surface area is 319 Å². The predicted octanol–water partition coefficient (Wildman–Crippen LogP) is 13.5. The highest BCUT2D eigenvalue weighted by atomic mass is 32.1. The van der Waals surface area contributed by atoms with Crippen LogP contribution < -0.4 is 0 Å². The molecule has 0 fully saturated rings. The van der Waals surface area contributed by atoms with Crippen LogP contribution in [-0.4, -0.2) is 19.1 Å². The minimum Gasteiger partial charge on any atom is -0.309 e. The summed E-state index contributed by atoms with van der Waals surface area (Å²) in [6.45, 7) is 0. The molecule has 0 aliphatic rings. The number of hydrogen-bond acceptors (Lipinski definition) is 3. The van der Waals surface area contributed by atoms with Crippen molar-refractivity contribution in [3.63, 3.8) is 0 Å². The molecule has 4 heterocycles. The van der Waals surface area contributed by atoms with Gasteiger partial charge in [-0.2, -0.15) is 0 Å². The Bertz CT molecular complexity index is 3480. The van der Waals surface area contributed by atoms with Gasteiger partial charge in [0.2, 0.25) is 5.95 Å². The predicted molar refractivity (Wildman–Crippen MR) is 232 cm³/mol. The lowest BCUT2D eigenvalue weighted by atomic mass is 9.95. The van der Waals surface area contributed by atoms with Gasteiger partial charge in [0.05, 0.1) is 38.0 Å². The minimum atomic E-state index is 0.673. The van der Waals surface area contributed by atoms with Crippen LogP contribution in [-0.2, 0) is 0 Å². The summed E-state index contributed by atoms with van der Waals surface area (Å²) in [5, 5.41) is 11.9. The van der Waals surface area contributed by atoms with E-state index >= 15 is 0 Å². The summed E-state index contributed by atoms with van der Waals surface area (Å²) in [4.78, 5) is 10.6. The number of para-hydroxylation sites is 1. The van der Waals surface area contributed by atoms with E-state index in [1.807, 2.05) is 0 Å². The maximum Gasteiger partial charge on any atom is 0.235 e. The molecule has 12 aromatic rings. The lowest BCUT2D eigenvalue weighted by Crippen LogP contribution is -2.02. The topological polar surface area (TPSA) is 35.6 Å². The fourth-order valence-electron chi connectivity index (χ4n) is 8.76. The first-order chi connectivity index (χ1) is 27.3. The number of nitrogens with zero attached hydrogens (tertiary/aromatic N) is 4. The van der Waals surface area contributed by atoms with Crippen molar-refractivity contribution < 1.29 is 0 Å². The second-order valence-corrected chi connectivity index (χ2v) is 15.1. The van der Waals surface area contributed by atoms with Crippen LogP contribution >= 0.6 is 11.3 Å². The molecule has 0 atom stereocenters. The van der Waals surface area contributed by atoms with E-state index in [1.165, 1.54) is 65.3 Å². The monoisotopic (exact) mass is 718 g/mol. The van der Waals surface area contributed by atoms with Gasteiger partial charge in [0, 0.05) is 32.8 Å². The molecule has 0 saturated heterocycles. The molecule has 0 bridgehead atoms. The van der Waals surface area contributed by atoms with Crippen LogP contribution in [0.1, 0.15) is 0 Å². The van der Waals surface area contributed by atoms with Crippen molar-refractivity contribution in [2.24, 2.45) is 0 Å². The lowest BCUT2D eigenvalue weighted by Gasteiger charge is -2.11. The first-order valence-electron chi connectivity index (χ1n) is 18.6. The average Bonchev–Trinajstić information content (AvgIpc) is 3.95. The van der Waals surface area contributed by atoms with E-state index in [0.717, 1.165) is 38.2 Å². The number of hydrogen-bond donors (Lipinski definition) is 0. The highest BCUT2D eigenvalue weighted by molar-refractivity contribution is 7.17. The van der Waals surface area contributed by atoms with Crippen molar-refractivity contribution in [1.82, 2.24) is 19.1 Å². The Kier molecular flexibility index (Phi) is 6.47. The van der Waals surface area contributed by atoms with Gasteiger partial charge in [0.25, 0.3) is 0 Å². The second kappa shape index (κ2) is 11.7. The molecule has 0 aliphatic carbocycles. The van der Waals surface area contributed by atoms with Crippen LogP contribution in [0.4, 0.5) is 0 Å². The van der Waals surface area contributed by atoms with Crippen molar-refractivity contribution in [2.75, 3.05) is 0 Å². The van der Waals surface area contributed by atoms with Crippen molar-refractivity contribution in [2.45, 2.75) is 0 Å². The van der Waals surface area contributed by atoms with E-state index in [4.69, 9.17) is 9.97 Å². The van der Waals surface area contributed by atoms with Crippen molar-refractivity contribution in [1.29, 1.82) is 0 Å². The van der Waals surface area contributed by atoms with E-state index in [9.17, 15) is 0 Å². The summed E-state index contributed by atoms with van der Waals surface area (Å²) in [6.07, 6.45) is 0. The summed E-state index contributed by atoms with van der Waals surface area (Å²) < 4.78 is 5.78. The van der Waals surface area contributed by atoms with Gasteiger partial charge in [-0.25, -0.2) is 9.97 Å². The molecule has 0 spiro atoms. The number of benzene rings is 8. The Balaban J connectivity index is 1.17. The molecule has 0 unspecified atom stereocenters. The third-order valence-corrected chi connectivity index (χ3v) is 12.1. The molecule has 0 amide bonds. The van der Waals surface area contributed by atoms with Crippen LogP contribution in [0.15, 0.2) is 181 Å². The van der Waals surface area contributed by atoms with Gasteiger partial charge in [-0.3, -0.25) is 4.57 Å². The fraction of sp³-hybridized carbons (Fsp3) is 0. The number of rotatable bonds is 4. The fourth-order valence-corrected chi connectivity index (χ4v) is 9.60. The van der Waals surface area contributed by atoms with Crippen LogP contribution in [0.2, 0.25) is 0 Å². The molecule has 55 heavy (non-hydrogen) atoms. The van der Waals surface area contributed by atoms with Gasteiger partial charge >= 0.3 is 0 Å². The summed E-state index contributed by atoms with van der Waals surface area (Å²) in [7, 11) is 0. The molecule has 0 radical (unpaired) electrons. The Hall–Kier alpha value is -7.08. The molecular formula is C50H30N4S.